The Morgan fingerprint density at radius 3 is 2.81 bits per heavy atom. The minimum atomic E-state index is -0.0236. The van der Waals surface area contributed by atoms with Crippen LogP contribution in [0.4, 0.5) is 0 Å². The maximum absolute atomic E-state index is 6.20. The van der Waals surface area contributed by atoms with Crippen molar-refractivity contribution in [3.05, 3.63) is 23.8 Å². The molecule has 1 heterocycles. The molecular formula is C12H18N2O2. The second-order valence-corrected chi connectivity index (χ2v) is 3.94. The molecule has 0 spiro atoms. The first-order chi connectivity index (χ1) is 7.76. The minimum absolute atomic E-state index is 0.0236. The van der Waals surface area contributed by atoms with Crippen LogP contribution in [0.5, 0.6) is 11.5 Å². The number of nitrogens with two attached hydrogens (primary N) is 1. The van der Waals surface area contributed by atoms with E-state index in [0.717, 1.165) is 23.5 Å². The fraction of sp³-hybridized carbons (Fsp3) is 0.500. The van der Waals surface area contributed by atoms with Gasteiger partial charge in [0.05, 0.1) is 0 Å². The Hall–Kier alpha value is -1.26. The quantitative estimate of drug-likeness (QED) is 0.808. The van der Waals surface area contributed by atoms with Crippen LogP contribution in [0.3, 0.4) is 0 Å². The molecule has 16 heavy (non-hydrogen) atoms. The van der Waals surface area contributed by atoms with Gasteiger partial charge in [0.15, 0.2) is 11.5 Å². The highest BCUT2D eigenvalue weighted by Crippen LogP contribution is 2.34. The van der Waals surface area contributed by atoms with Crippen LogP contribution in [0, 0.1) is 0 Å². The third-order valence-corrected chi connectivity index (χ3v) is 3.03. The van der Waals surface area contributed by atoms with E-state index in [1.165, 1.54) is 0 Å². The lowest BCUT2D eigenvalue weighted by molar-refractivity contribution is 0.174. The standard InChI is InChI=1S/C12H18N2O2/c1-3-9(14-2)12(13)8-4-5-10-11(6-8)16-7-15-10/h4-6,9,12,14H,3,7,13H2,1-2H3. The van der Waals surface area contributed by atoms with Crippen molar-refractivity contribution in [2.45, 2.75) is 25.4 Å². The predicted molar refractivity (Wildman–Crippen MR) is 62.6 cm³/mol. The van der Waals surface area contributed by atoms with Crippen molar-refractivity contribution in [1.82, 2.24) is 5.32 Å². The molecule has 0 aromatic heterocycles. The van der Waals surface area contributed by atoms with E-state index in [1.807, 2.05) is 25.2 Å². The molecule has 0 bridgehead atoms. The Morgan fingerprint density at radius 2 is 2.12 bits per heavy atom. The molecule has 2 rings (SSSR count). The van der Waals surface area contributed by atoms with Gasteiger partial charge in [-0.15, -0.1) is 0 Å². The first-order valence-electron chi connectivity index (χ1n) is 5.58. The van der Waals surface area contributed by atoms with E-state index in [2.05, 4.69) is 12.2 Å². The molecule has 0 saturated carbocycles. The van der Waals surface area contributed by atoms with Crippen molar-refractivity contribution in [3.63, 3.8) is 0 Å². The largest absolute Gasteiger partial charge is 0.454 e. The van der Waals surface area contributed by atoms with Crippen LogP contribution in [-0.2, 0) is 0 Å². The van der Waals surface area contributed by atoms with Crippen LogP contribution in [0.25, 0.3) is 0 Å². The van der Waals surface area contributed by atoms with Gasteiger partial charge in [0.25, 0.3) is 0 Å². The monoisotopic (exact) mass is 222 g/mol. The second kappa shape index (κ2) is 4.72. The fourth-order valence-electron chi connectivity index (χ4n) is 1.99. The van der Waals surface area contributed by atoms with Gasteiger partial charge in [0, 0.05) is 12.1 Å². The number of benzene rings is 1. The smallest absolute Gasteiger partial charge is 0.231 e. The van der Waals surface area contributed by atoms with Crippen molar-refractivity contribution >= 4 is 0 Å². The molecule has 2 unspecified atom stereocenters. The summed E-state index contributed by atoms with van der Waals surface area (Å²) in [5.41, 5.74) is 7.27. The van der Waals surface area contributed by atoms with E-state index in [0.29, 0.717) is 6.79 Å². The number of hydrogen-bond donors (Lipinski definition) is 2. The third-order valence-electron chi connectivity index (χ3n) is 3.03. The molecule has 0 amide bonds. The molecule has 0 saturated heterocycles. The Bertz CT molecular complexity index is 364. The maximum Gasteiger partial charge on any atom is 0.231 e. The molecular weight excluding hydrogens is 204 g/mol. The van der Waals surface area contributed by atoms with Gasteiger partial charge >= 0.3 is 0 Å². The van der Waals surface area contributed by atoms with Crippen molar-refractivity contribution in [2.24, 2.45) is 5.73 Å². The highest BCUT2D eigenvalue weighted by molar-refractivity contribution is 5.45. The zero-order chi connectivity index (χ0) is 11.5. The van der Waals surface area contributed by atoms with E-state index in [4.69, 9.17) is 15.2 Å². The number of likely N-dealkylation sites (N-methyl/N-ethyl adjacent to an activating group) is 1. The lowest BCUT2D eigenvalue weighted by Crippen LogP contribution is -2.36. The number of nitrogens with one attached hydrogen (secondary N) is 1. The van der Waals surface area contributed by atoms with Crippen LogP contribution in [0.1, 0.15) is 24.9 Å². The van der Waals surface area contributed by atoms with Gasteiger partial charge in [0.1, 0.15) is 0 Å². The summed E-state index contributed by atoms with van der Waals surface area (Å²) in [6.45, 7) is 2.42. The molecule has 3 N–H and O–H groups in total. The van der Waals surface area contributed by atoms with Gasteiger partial charge in [-0.1, -0.05) is 13.0 Å². The second-order valence-electron chi connectivity index (χ2n) is 3.94. The van der Waals surface area contributed by atoms with Crippen LogP contribution >= 0.6 is 0 Å². The topological polar surface area (TPSA) is 56.5 Å². The summed E-state index contributed by atoms with van der Waals surface area (Å²) in [6, 6.07) is 6.13. The van der Waals surface area contributed by atoms with Gasteiger partial charge in [-0.25, -0.2) is 0 Å². The summed E-state index contributed by atoms with van der Waals surface area (Å²) in [5, 5.41) is 3.22. The van der Waals surface area contributed by atoms with Crippen molar-refractivity contribution in [2.75, 3.05) is 13.8 Å². The average molecular weight is 222 g/mol. The number of hydrogen-bond acceptors (Lipinski definition) is 4. The minimum Gasteiger partial charge on any atom is -0.454 e. The molecule has 4 nitrogen and oxygen atoms in total. The van der Waals surface area contributed by atoms with Crippen LogP contribution in [-0.4, -0.2) is 19.9 Å². The van der Waals surface area contributed by atoms with Gasteiger partial charge in [-0.2, -0.15) is 0 Å². The number of fused-ring (bicyclic) bond motifs is 1. The SMILES string of the molecule is CCC(NC)C(N)c1ccc2c(c1)OCO2. The predicted octanol–water partition coefficient (Wildman–Crippen LogP) is 1.41. The Kier molecular flexibility index (Phi) is 3.31. The molecule has 4 heteroatoms. The van der Waals surface area contributed by atoms with Crippen LogP contribution in [0.15, 0.2) is 18.2 Å². The molecule has 1 aromatic carbocycles. The van der Waals surface area contributed by atoms with Gasteiger partial charge in [-0.05, 0) is 31.2 Å². The van der Waals surface area contributed by atoms with Gasteiger partial charge in [-0.3, -0.25) is 0 Å². The first-order valence-corrected chi connectivity index (χ1v) is 5.58. The molecule has 0 fully saturated rings. The van der Waals surface area contributed by atoms with Crippen molar-refractivity contribution in [1.29, 1.82) is 0 Å². The molecule has 88 valence electrons. The summed E-state index contributed by atoms with van der Waals surface area (Å²) in [6.07, 6.45) is 0.992. The third kappa shape index (κ3) is 1.99. The summed E-state index contributed by atoms with van der Waals surface area (Å²) in [5.74, 6) is 1.59. The molecule has 0 aliphatic carbocycles. The Labute approximate surface area is 95.7 Å². The highest BCUT2D eigenvalue weighted by Gasteiger charge is 2.19. The normalized spacial score (nSPS) is 17.2. The van der Waals surface area contributed by atoms with E-state index < -0.39 is 0 Å². The fourth-order valence-corrected chi connectivity index (χ4v) is 1.99. The Balaban J connectivity index is 2.20. The molecule has 1 aliphatic heterocycles. The van der Waals surface area contributed by atoms with Gasteiger partial charge < -0.3 is 20.5 Å². The molecule has 1 aliphatic rings. The highest BCUT2D eigenvalue weighted by atomic mass is 16.7. The summed E-state index contributed by atoms with van der Waals surface area (Å²) < 4.78 is 10.6. The maximum atomic E-state index is 6.20. The summed E-state index contributed by atoms with van der Waals surface area (Å²) in [4.78, 5) is 0. The van der Waals surface area contributed by atoms with E-state index in [9.17, 15) is 0 Å². The Morgan fingerprint density at radius 1 is 1.38 bits per heavy atom. The number of ether oxygens (including phenoxy) is 2. The average Bonchev–Trinajstić information content (AvgIpc) is 2.77. The van der Waals surface area contributed by atoms with Crippen LogP contribution in [0.2, 0.25) is 0 Å². The summed E-state index contributed by atoms with van der Waals surface area (Å²) in [7, 11) is 1.93. The molecule has 0 radical (unpaired) electrons. The molecule has 1 aromatic rings. The first kappa shape index (κ1) is 11.2. The van der Waals surface area contributed by atoms with E-state index in [1.54, 1.807) is 0 Å². The van der Waals surface area contributed by atoms with Crippen molar-refractivity contribution < 1.29 is 9.47 Å². The van der Waals surface area contributed by atoms with Crippen molar-refractivity contribution in [3.8, 4) is 11.5 Å². The summed E-state index contributed by atoms with van der Waals surface area (Å²) >= 11 is 0. The van der Waals surface area contributed by atoms with Crippen LogP contribution < -0.4 is 20.5 Å². The number of rotatable bonds is 4. The van der Waals surface area contributed by atoms with E-state index >= 15 is 0 Å². The molecule has 2 atom stereocenters. The van der Waals surface area contributed by atoms with E-state index in [-0.39, 0.29) is 12.1 Å². The lowest BCUT2D eigenvalue weighted by atomic mass is 9.98. The zero-order valence-electron chi connectivity index (χ0n) is 9.69. The van der Waals surface area contributed by atoms with Gasteiger partial charge in [0.2, 0.25) is 6.79 Å². The zero-order valence-corrected chi connectivity index (χ0v) is 9.69. The lowest BCUT2D eigenvalue weighted by Gasteiger charge is -2.22.